The van der Waals surface area contributed by atoms with Crippen LogP contribution in [0.4, 0.5) is 0 Å². The molecule has 0 fully saturated rings. The molecule has 61 valence electrons. The van der Waals surface area contributed by atoms with Gasteiger partial charge in [-0.1, -0.05) is 49.8 Å². The van der Waals surface area contributed by atoms with Crippen LogP contribution in [-0.2, 0) is 0 Å². The van der Waals surface area contributed by atoms with Gasteiger partial charge < -0.3 is 0 Å². The number of rotatable bonds is 1. The number of fused-ring (bicyclic) bond motifs is 1. The first-order valence-corrected chi connectivity index (χ1v) is 4.43. The van der Waals surface area contributed by atoms with Crippen LogP contribution in [0.1, 0.15) is 25.0 Å². The highest BCUT2D eigenvalue weighted by Crippen LogP contribution is 2.30. The van der Waals surface area contributed by atoms with Gasteiger partial charge in [0.1, 0.15) is 0 Å². The smallest absolute Gasteiger partial charge is 0.0167 e. The second-order valence-corrected chi connectivity index (χ2v) is 3.57. The Morgan fingerprint density at radius 3 is 2.25 bits per heavy atom. The van der Waals surface area contributed by atoms with E-state index in [4.69, 9.17) is 0 Å². The standard InChI is InChI=1S/C12H13/c1-9(2)12-7-10-5-3-4-6-11(10)8-12/h3-9H,1-2H3. The molecule has 0 spiro atoms. The monoisotopic (exact) mass is 157 g/mol. The van der Waals surface area contributed by atoms with Gasteiger partial charge in [-0.05, 0) is 17.0 Å². The molecule has 1 aliphatic rings. The molecular weight excluding hydrogens is 144 g/mol. The van der Waals surface area contributed by atoms with Crippen molar-refractivity contribution in [2.24, 2.45) is 5.92 Å². The van der Waals surface area contributed by atoms with E-state index < -0.39 is 0 Å². The lowest BCUT2D eigenvalue weighted by Gasteiger charge is -2.03. The van der Waals surface area contributed by atoms with Crippen LogP contribution in [-0.4, -0.2) is 0 Å². The molecule has 0 saturated heterocycles. The summed E-state index contributed by atoms with van der Waals surface area (Å²) in [5.74, 6) is 0.636. The van der Waals surface area contributed by atoms with Gasteiger partial charge in [-0.2, -0.15) is 0 Å². The fourth-order valence-corrected chi connectivity index (χ4v) is 1.51. The Hall–Kier alpha value is -1.04. The van der Waals surface area contributed by atoms with E-state index in [2.05, 4.69) is 50.6 Å². The Morgan fingerprint density at radius 1 is 1.00 bits per heavy atom. The highest BCUT2D eigenvalue weighted by molar-refractivity contribution is 5.69. The summed E-state index contributed by atoms with van der Waals surface area (Å²) in [6.45, 7) is 4.46. The average Bonchev–Trinajstić information content (AvgIpc) is 2.46. The summed E-state index contributed by atoms with van der Waals surface area (Å²) in [5, 5.41) is 0. The van der Waals surface area contributed by atoms with Crippen LogP contribution in [0, 0.1) is 12.3 Å². The van der Waals surface area contributed by atoms with Crippen LogP contribution in [0.2, 0.25) is 0 Å². The molecule has 0 amide bonds. The quantitative estimate of drug-likeness (QED) is 0.586. The molecule has 12 heavy (non-hydrogen) atoms. The topological polar surface area (TPSA) is 0 Å². The molecule has 0 aromatic heterocycles. The predicted molar refractivity (Wildman–Crippen MR) is 52.7 cm³/mol. The second kappa shape index (κ2) is 2.78. The number of allylic oxidation sites excluding steroid dienone is 1. The lowest BCUT2D eigenvalue weighted by atomic mass is 10.0. The highest BCUT2D eigenvalue weighted by Gasteiger charge is 2.13. The van der Waals surface area contributed by atoms with E-state index in [-0.39, 0.29) is 0 Å². The van der Waals surface area contributed by atoms with Crippen molar-refractivity contribution in [3.63, 3.8) is 0 Å². The number of benzene rings is 1. The van der Waals surface area contributed by atoms with Crippen LogP contribution in [0.5, 0.6) is 0 Å². The van der Waals surface area contributed by atoms with E-state index in [1.54, 1.807) is 0 Å². The Labute approximate surface area is 73.9 Å². The Morgan fingerprint density at radius 2 is 1.67 bits per heavy atom. The van der Waals surface area contributed by atoms with Gasteiger partial charge in [0.25, 0.3) is 0 Å². The lowest BCUT2D eigenvalue weighted by Crippen LogP contribution is -1.90. The van der Waals surface area contributed by atoms with Gasteiger partial charge in [0.05, 0.1) is 0 Å². The summed E-state index contributed by atoms with van der Waals surface area (Å²) < 4.78 is 0. The van der Waals surface area contributed by atoms with E-state index in [0.29, 0.717) is 5.92 Å². The van der Waals surface area contributed by atoms with Gasteiger partial charge in [-0.3, -0.25) is 0 Å². The summed E-state index contributed by atoms with van der Waals surface area (Å²) in [4.78, 5) is 0. The first kappa shape index (κ1) is 7.60. The zero-order valence-corrected chi connectivity index (χ0v) is 7.54. The molecule has 1 aromatic carbocycles. The molecule has 0 aliphatic heterocycles. The maximum atomic E-state index is 2.28. The van der Waals surface area contributed by atoms with Gasteiger partial charge in [0.15, 0.2) is 0 Å². The van der Waals surface area contributed by atoms with Crippen LogP contribution >= 0.6 is 0 Å². The maximum Gasteiger partial charge on any atom is 0.0167 e. The first-order valence-electron chi connectivity index (χ1n) is 4.43. The average molecular weight is 157 g/mol. The van der Waals surface area contributed by atoms with Crippen LogP contribution < -0.4 is 0 Å². The number of hydrogen-bond donors (Lipinski definition) is 0. The summed E-state index contributed by atoms with van der Waals surface area (Å²) in [7, 11) is 0. The van der Waals surface area contributed by atoms with Crippen LogP contribution in [0.25, 0.3) is 6.08 Å². The van der Waals surface area contributed by atoms with Crippen LogP contribution in [0.3, 0.4) is 0 Å². The predicted octanol–water partition coefficient (Wildman–Crippen LogP) is 3.29. The Kier molecular flexibility index (Phi) is 1.76. The van der Waals surface area contributed by atoms with Gasteiger partial charge in [0, 0.05) is 6.42 Å². The molecule has 2 rings (SSSR count). The molecule has 0 atom stereocenters. The minimum Gasteiger partial charge on any atom is -0.0619 e. The zero-order valence-electron chi connectivity index (χ0n) is 7.54. The summed E-state index contributed by atoms with van der Waals surface area (Å²) in [5.41, 5.74) is 4.17. The third-order valence-electron chi connectivity index (χ3n) is 2.31. The Balaban J connectivity index is 2.35. The molecule has 0 saturated carbocycles. The maximum absolute atomic E-state index is 2.28. The molecule has 1 aromatic rings. The van der Waals surface area contributed by atoms with Gasteiger partial charge in [-0.25, -0.2) is 0 Å². The van der Waals surface area contributed by atoms with E-state index in [1.807, 2.05) is 0 Å². The minimum absolute atomic E-state index is 0.636. The second-order valence-electron chi connectivity index (χ2n) is 3.57. The summed E-state index contributed by atoms with van der Waals surface area (Å²) in [6, 6.07) is 8.52. The van der Waals surface area contributed by atoms with Crippen molar-refractivity contribution in [3.05, 3.63) is 47.4 Å². The Bertz CT molecular complexity index is 319. The molecule has 0 bridgehead atoms. The molecule has 0 N–H and O–H groups in total. The van der Waals surface area contributed by atoms with Crippen molar-refractivity contribution in [3.8, 4) is 0 Å². The molecular formula is C12H13. The normalized spacial score (nSPS) is 14.8. The zero-order chi connectivity index (χ0) is 8.55. The van der Waals surface area contributed by atoms with Crippen molar-refractivity contribution in [2.45, 2.75) is 13.8 Å². The van der Waals surface area contributed by atoms with E-state index in [1.165, 1.54) is 16.7 Å². The molecule has 0 heteroatoms. The summed E-state index contributed by atoms with van der Waals surface area (Å²) >= 11 is 0. The fourth-order valence-electron chi connectivity index (χ4n) is 1.51. The molecule has 0 nitrogen and oxygen atoms in total. The van der Waals surface area contributed by atoms with Crippen LogP contribution in [0.15, 0.2) is 29.8 Å². The van der Waals surface area contributed by atoms with E-state index in [9.17, 15) is 0 Å². The van der Waals surface area contributed by atoms with Gasteiger partial charge in [-0.15, -0.1) is 0 Å². The van der Waals surface area contributed by atoms with E-state index in [0.717, 1.165) is 0 Å². The number of hydrogen-bond acceptors (Lipinski definition) is 0. The van der Waals surface area contributed by atoms with Crippen molar-refractivity contribution in [1.29, 1.82) is 0 Å². The first-order chi connectivity index (χ1) is 5.77. The van der Waals surface area contributed by atoms with Crippen molar-refractivity contribution >= 4 is 6.08 Å². The van der Waals surface area contributed by atoms with Gasteiger partial charge in [0.2, 0.25) is 0 Å². The third kappa shape index (κ3) is 1.18. The third-order valence-corrected chi connectivity index (χ3v) is 2.31. The minimum atomic E-state index is 0.636. The largest absolute Gasteiger partial charge is 0.0619 e. The van der Waals surface area contributed by atoms with Crippen molar-refractivity contribution in [2.75, 3.05) is 0 Å². The van der Waals surface area contributed by atoms with Crippen molar-refractivity contribution < 1.29 is 0 Å². The SMILES string of the molecule is CC(C)C1=Cc2ccccc2[CH]1. The molecule has 0 heterocycles. The molecule has 1 aliphatic carbocycles. The van der Waals surface area contributed by atoms with E-state index >= 15 is 0 Å². The summed E-state index contributed by atoms with van der Waals surface area (Å²) in [6.07, 6.45) is 4.56. The lowest BCUT2D eigenvalue weighted by molar-refractivity contribution is 0.789. The van der Waals surface area contributed by atoms with Crippen molar-refractivity contribution in [1.82, 2.24) is 0 Å². The fraction of sp³-hybridized carbons (Fsp3) is 0.250. The highest BCUT2D eigenvalue weighted by atomic mass is 14.2. The molecule has 0 unspecified atom stereocenters. The van der Waals surface area contributed by atoms with Gasteiger partial charge >= 0.3 is 0 Å². The molecule has 1 radical (unpaired) electrons.